The van der Waals surface area contributed by atoms with E-state index in [9.17, 15) is 4.79 Å². The van der Waals surface area contributed by atoms with Crippen molar-refractivity contribution in [3.8, 4) is 5.75 Å². The molecule has 176 valence electrons. The maximum atomic E-state index is 13.6. The fourth-order valence-corrected chi connectivity index (χ4v) is 5.47. The number of aromatic nitrogens is 1. The molecule has 0 radical (unpaired) electrons. The maximum Gasteiger partial charge on any atom is 0.233 e. The second kappa shape index (κ2) is 10.6. The standard InChI is InChI=1S/C26H33N3O3S/c1-18-14-19(2)22(20(3)15-18)17-25(30)29(9-5-8-28-10-12-32-13-11-28)26-27-23-16-21(31-4)6-7-24(23)33-26/h6-7,14-16H,5,8-13,17H2,1-4H3. The van der Waals surface area contributed by atoms with Crippen molar-refractivity contribution in [3.05, 3.63) is 52.6 Å². The third-order valence-electron chi connectivity index (χ3n) is 6.24. The molecule has 1 saturated heterocycles. The summed E-state index contributed by atoms with van der Waals surface area (Å²) >= 11 is 1.57. The number of carbonyl (C=O) groups is 1. The van der Waals surface area contributed by atoms with Crippen LogP contribution in [0.3, 0.4) is 0 Å². The molecule has 1 aromatic heterocycles. The SMILES string of the molecule is COc1ccc2sc(N(CCCN3CCOCC3)C(=O)Cc3c(C)cc(C)cc3C)nc2c1. The second-order valence-corrected chi connectivity index (χ2v) is 9.75. The van der Waals surface area contributed by atoms with E-state index in [0.29, 0.717) is 13.0 Å². The smallest absolute Gasteiger partial charge is 0.233 e. The third kappa shape index (κ3) is 5.72. The molecule has 2 aromatic carbocycles. The molecule has 0 atom stereocenters. The van der Waals surface area contributed by atoms with Crippen LogP contribution in [0.25, 0.3) is 10.2 Å². The number of anilines is 1. The van der Waals surface area contributed by atoms with Crippen LogP contribution < -0.4 is 9.64 Å². The molecule has 6 nitrogen and oxygen atoms in total. The number of morpholine rings is 1. The number of hydrogen-bond donors (Lipinski definition) is 0. The largest absolute Gasteiger partial charge is 0.497 e. The Labute approximate surface area is 200 Å². The Morgan fingerprint density at radius 2 is 1.88 bits per heavy atom. The van der Waals surface area contributed by atoms with Gasteiger partial charge in [-0.2, -0.15) is 0 Å². The molecule has 0 spiro atoms. The minimum Gasteiger partial charge on any atom is -0.497 e. The van der Waals surface area contributed by atoms with Crippen LogP contribution in [0.2, 0.25) is 0 Å². The second-order valence-electron chi connectivity index (χ2n) is 8.74. The average Bonchev–Trinajstić information content (AvgIpc) is 3.22. The zero-order chi connectivity index (χ0) is 23.4. The van der Waals surface area contributed by atoms with Gasteiger partial charge >= 0.3 is 0 Å². The zero-order valence-corrected chi connectivity index (χ0v) is 20.8. The molecule has 0 unspecified atom stereocenters. The Morgan fingerprint density at radius 1 is 1.15 bits per heavy atom. The van der Waals surface area contributed by atoms with Crippen LogP contribution in [0.1, 0.15) is 28.7 Å². The number of aryl methyl sites for hydroxylation is 3. The topological polar surface area (TPSA) is 54.9 Å². The lowest BCUT2D eigenvalue weighted by Crippen LogP contribution is -2.39. The maximum absolute atomic E-state index is 13.6. The predicted molar refractivity (Wildman–Crippen MR) is 135 cm³/mol. The van der Waals surface area contributed by atoms with Gasteiger partial charge in [0.25, 0.3) is 0 Å². The van der Waals surface area contributed by atoms with Crippen LogP contribution in [0.4, 0.5) is 5.13 Å². The van der Waals surface area contributed by atoms with E-state index in [2.05, 4.69) is 37.8 Å². The Hall–Kier alpha value is -2.48. The number of carbonyl (C=O) groups excluding carboxylic acids is 1. The predicted octanol–water partition coefficient (Wildman–Crippen LogP) is 4.53. The molecule has 0 saturated carbocycles. The summed E-state index contributed by atoms with van der Waals surface area (Å²) in [6.45, 7) is 11.4. The Kier molecular flexibility index (Phi) is 7.63. The number of fused-ring (bicyclic) bond motifs is 1. The summed E-state index contributed by atoms with van der Waals surface area (Å²) in [6, 6.07) is 10.2. The van der Waals surface area contributed by atoms with Gasteiger partial charge in [-0.15, -0.1) is 0 Å². The van der Waals surface area contributed by atoms with Crippen molar-refractivity contribution in [2.45, 2.75) is 33.6 Å². The summed E-state index contributed by atoms with van der Waals surface area (Å²) in [5, 5.41) is 0.757. The van der Waals surface area contributed by atoms with E-state index in [-0.39, 0.29) is 5.91 Å². The molecule has 7 heteroatoms. The molecule has 2 heterocycles. The number of ether oxygens (including phenoxy) is 2. The first kappa shape index (κ1) is 23.7. The van der Waals surface area contributed by atoms with E-state index in [0.717, 1.165) is 65.9 Å². The summed E-state index contributed by atoms with van der Waals surface area (Å²) in [5.74, 6) is 0.869. The van der Waals surface area contributed by atoms with E-state index >= 15 is 0 Å². The number of rotatable bonds is 8. The Balaban J connectivity index is 1.57. The van der Waals surface area contributed by atoms with Gasteiger partial charge < -0.3 is 9.47 Å². The number of benzene rings is 2. The van der Waals surface area contributed by atoms with Crippen LogP contribution in [-0.2, 0) is 16.0 Å². The van der Waals surface area contributed by atoms with Crippen LogP contribution in [0, 0.1) is 20.8 Å². The third-order valence-corrected chi connectivity index (χ3v) is 7.30. The first-order valence-corrected chi connectivity index (χ1v) is 12.4. The minimum absolute atomic E-state index is 0.0954. The van der Waals surface area contributed by atoms with Crippen molar-refractivity contribution in [1.82, 2.24) is 9.88 Å². The normalized spacial score (nSPS) is 14.5. The van der Waals surface area contributed by atoms with Crippen molar-refractivity contribution >= 4 is 32.6 Å². The van der Waals surface area contributed by atoms with Gasteiger partial charge in [-0.05, 0) is 56.0 Å². The quantitative estimate of drug-likeness (QED) is 0.487. The van der Waals surface area contributed by atoms with Crippen molar-refractivity contribution in [3.63, 3.8) is 0 Å². The van der Waals surface area contributed by atoms with Crippen LogP contribution >= 0.6 is 11.3 Å². The average molecular weight is 468 g/mol. The number of amides is 1. The first-order chi connectivity index (χ1) is 15.9. The molecule has 0 N–H and O–H groups in total. The highest BCUT2D eigenvalue weighted by atomic mass is 32.1. The van der Waals surface area contributed by atoms with Crippen LogP contribution in [0.5, 0.6) is 5.75 Å². The highest BCUT2D eigenvalue weighted by Crippen LogP contribution is 2.32. The van der Waals surface area contributed by atoms with Gasteiger partial charge in [-0.3, -0.25) is 14.6 Å². The van der Waals surface area contributed by atoms with Gasteiger partial charge in [0.05, 0.1) is 37.0 Å². The van der Waals surface area contributed by atoms with Crippen molar-refractivity contribution in [2.75, 3.05) is 51.4 Å². The zero-order valence-electron chi connectivity index (χ0n) is 20.0. The van der Waals surface area contributed by atoms with Crippen molar-refractivity contribution < 1.29 is 14.3 Å². The van der Waals surface area contributed by atoms with E-state index < -0.39 is 0 Å². The van der Waals surface area contributed by atoms with Gasteiger partial charge in [0.15, 0.2) is 5.13 Å². The lowest BCUT2D eigenvalue weighted by molar-refractivity contribution is -0.118. The monoisotopic (exact) mass is 467 g/mol. The number of thiazole rings is 1. The molecule has 0 bridgehead atoms. The fourth-order valence-electron chi connectivity index (χ4n) is 4.48. The van der Waals surface area contributed by atoms with Gasteiger partial charge in [0.1, 0.15) is 5.75 Å². The molecule has 0 aliphatic carbocycles. The summed E-state index contributed by atoms with van der Waals surface area (Å²) < 4.78 is 11.9. The van der Waals surface area contributed by atoms with E-state index in [4.69, 9.17) is 14.5 Å². The molecule has 33 heavy (non-hydrogen) atoms. The molecule has 1 aliphatic rings. The lowest BCUT2D eigenvalue weighted by atomic mass is 9.97. The molecular weight excluding hydrogens is 434 g/mol. The summed E-state index contributed by atoms with van der Waals surface area (Å²) in [5.41, 5.74) is 5.55. The minimum atomic E-state index is 0.0954. The first-order valence-electron chi connectivity index (χ1n) is 11.6. The van der Waals surface area contributed by atoms with E-state index in [1.165, 1.54) is 16.7 Å². The molecule has 1 amide bonds. The van der Waals surface area contributed by atoms with Gasteiger partial charge in [-0.1, -0.05) is 29.0 Å². The molecule has 1 aliphatic heterocycles. The molecule has 4 rings (SSSR count). The molecular formula is C26H33N3O3S. The van der Waals surface area contributed by atoms with Crippen LogP contribution in [-0.4, -0.2) is 62.3 Å². The Bertz CT molecular complexity index is 1100. The summed E-state index contributed by atoms with van der Waals surface area (Å²) in [4.78, 5) is 22.7. The molecule has 1 fully saturated rings. The fraction of sp³-hybridized carbons (Fsp3) is 0.462. The summed E-state index contributed by atoms with van der Waals surface area (Å²) in [7, 11) is 1.65. The Morgan fingerprint density at radius 3 is 2.58 bits per heavy atom. The van der Waals surface area contributed by atoms with E-state index in [1.807, 2.05) is 23.1 Å². The van der Waals surface area contributed by atoms with Crippen molar-refractivity contribution in [1.29, 1.82) is 0 Å². The molecule has 3 aromatic rings. The number of nitrogens with zero attached hydrogens (tertiary/aromatic N) is 3. The van der Waals surface area contributed by atoms with Gasteiger partial charge in [-0.25, -0.2) is 4.98 Å². The van der Waals surface area contributed by atoms with Gasteiger partial charge in [0.2, 0.25) is 5.91 Å². The van der Waals surface area contributed by atoms with Crippen molar-refractivity contribution in [2.24, 2.45) is 0 Å². The summed E-state index contributed by atoms with van der Waals surface area (Å²) in [6.07, 6.45) is 1.28. The number of methoxy groups -OCH3 is 1. The van der Waals surface area contributed by atoms with E-state index in [1.54, 1.807) is 18.4 Å². The highest BCUT2D eigenvalue weighted by Gasteiger charge is 2.22. The highest BCUT2D eigenvalue weighted by molar-refractivity contribution is 7.22. The number of hydrogen-bond acceptors (Lipinski definition) is 6. The lowest BCUT2D eigenvalue weighted by Gasteiger charge is -2.28. The van der Waals surface area contributed by atoms with Crippen LogP contribution in [0.15, 0.2) is 30.3 Å². The van der Waals surface area contributed by atoms with Gasteiger partial charge in [0, 0.05) is 32.2 Å².